The number of benzene rings is 2. The fraction of sp³-hybridized carbons (Fsp3) is 0.458. The number of carbonyl (C=O) groups excluding carboxylic acids is 1. The molecule has 1 aliphatic rings. The molecule has 0 radical (unpaired) electrons. The Kier molecular flexibility index (Phi) is 9.24. The van der Waals surface area contributed by atoms with Crippen molar-refractivity contribution in [1.29, 1.82) is 0 Å². The standard InChI is InChI=1S/C24H32N4O7S/c1-4-21(27(36(3,32)33)22-15-20(28(30)31)8-9-23(22)34-2)24(29)25-16-18-6-5-7-19(14-18)17-26-10-12-35-13-11-26/h5-9,14-15,21H,4,10-13,16-17H2,1-3H3,(H,25,29)/t21-/m0/s1. The highest BCUT2D eigenvalue weighted by Gasteiger charge is 2.34. The van der Waals surface area contributed by atoms with E-state index < -0.39 is 26.9 Å². The lowest BCUT2D eigenvalue weighted by Crippen LogP contribution is -2.49. The summed E-state index contributed by atoms with van der Waals surface area (Å²) in [6.45, 7) is 5.80. The molecule has 1 atom stereocenters. The van der Waals surface area contributed by atoms with Gasteiger partial charge in [-0.05, 0) is 23.6 Å². The van der Waals surface area contributed by atoms with Crippen LogP contribution in [-0.2, 0) is 32.6 Å². The number of methoxy groups -OCH3 is 1. The molecule has 196 valence electrons. The van der Waals surface area contributed by atoms with Crippen LogP contribution in [0, 0.1) is 10.1 Å². The molecule has 1 fully saturated rings. The number of nitro groups is 1. The third-order valence-corrected chi connectivity index (χ3v) is 7.07. The Morgan fingerprint density at radius 2 is 1.92 bits per heavy atom. The number of rotatable bonds is 11. The molecule has 3 rings (SSSR count). The highest BCUT2D eigenvalue weighted by atomic mass is 32.2. The van der Waals surface area contributed by atoms with Crippen LogP contribution in [0.3, 0.4) is 0 Å². The number of hydrogen-bond donors (Lipinski definition) is 1. The van der Waals surface area contributed by atoms with E-state index in [4.69, 9.17) is 9.47 Å². The number of hydrogen-bond acceptors (Lipinski definition) is 8. The summed E-state index contributed by atoms with van der Waals surface area (Å²) in [4.78, 5) is 26.2. The van der Waals surface area contributed by atoms with Gasteiger partial charge in [0.1, 0.15) is 17.5 Å². The van der Waals surface area contributed by atoms with Gasteiger partial charge < -0.3 is 14.8 Å². The number of anilines is 1. The number of sulfonamides is 1. The third kappa shape index (κ3) is 6.93. The average molecular weight is 521 g/mol. The first kappa shape index (κ1) is 27.4. The normalized spacial score (nSPS) is 15.2. The average Bonchev–Trinajstić information content (AvgIpc) is 2.85. The Labute approximate surface area is 211 Å². The van der Waals surface area contributed by atoms with Crippen LogP contribution in [-0.4, -0.2) is 69.9 Å². The summed E-state index contributed by atoms with van der Waals surface area (Å²) >= 11 is 0. The van der Waals surface area contributed by atoms with Gasteiger partial charge in [-0.2, -0.15) is 0 Å². The van der Waals surface area contributed by atoms with E-state index in [0.717, 1.165) is 47.4 Å². The van der Waals surface area contributed by atoms with E-state index in [0.29, 0.717) is 13.2 Å². The number of non-ortho nitro benzene ring substituents is 1. The second-order valence-corrected chi connectivity index (χ2v) is 10.4. The first-order valence-electron chi connectivity index (χ1n) is 11.6. The van der Waals surface area contributed by atoms with Gasteiger partial charge in [0.05, 0.1) is 31.5 Å². The SMILES string of the molecule is CC[C@@H](C(=O)NCc1cccc(CN2CCOCC2)c1)N(c1cc([N+](=O)[O-])ccc1OC)S(C)(=O)=O. The van der Waals surface area contributed by atoms with Gasteiger partial charge in [-0.25, -0.2) is 8.42 Å². The zero-order chi connectivity index (χ0) is 26.3. The van der Waals surface area contributed by atoms with Crippen molar-refractivity contribution in [3.8, 4) is 5.75 Å². The maximum Gasteiger partial charge on any atom is 0.271 e. The fourth-order valence-electron chi connectivity index (χ4n) is 4.16. The molecule has 36 heavy (non-hydrogen) atoms. The third-order valence-electron chi connectivity index (χ3n) is 5.91. The predicted molar refractivity (Wildman–Crippen MR) is 135 cm³/mol. The van der Waals surface area contributed by atoms with Crippen LogP contribution < -0.4 is 14.4 Å². The molecule has 1 saturated heterocycles. The molecule has 0 aromatic heterocycles. The van der Waals surface area contributed by atoms with Gasteiger partial charge in [0.15, 0.2) is 0 Å². The topological polar surface area (TPSA) is 131 Å². The molecule has 2 aromatic rings. The molecule has 12 heteroatoms. The molecule has 0 unspecified atom stereocenters. The van der Waals surface area contributed by atoms with E-state index >= 15 is 0 Å². The van der Waals surface area contributed by atoms with Crippen molar-refractivity contribution >= 4 is 27.3 Å². The Morgan fingerprint density at radius 3 is 2.53 bits per heavy atom. The summed E-state index contributed by atoms with van der Waals surface area (Å²) < 4.78 is 37.1. The fourth-order valence-corrected chi connectivity index (χ4v) is 5.37. The van der Waals surface area contributed by atoms with Gasteiger partial charge >= 0.3 is 0 Å². The summed E-state index contributed by atoms with van der Waals surface area (Å²) in [5.41, 5.74) is 1.60. The van der Waals surface area contributed by atoms with Gasteiger partial charge in [-0.1, -0.05) is 31.2 Å². The van der Waals surface area contributed by atoms with Crippen molar-refractivity contribution in [2.24, 2.45) is 0 Å². The molecule has 1 heterocycles. The molecule has 11 nitrogen and oxygen atoms in total. The highest BCUT2D eigenvalue weighted by molar-refractivity contribution is 7.92. The lowest BCUT2D eigenvalue weighted by Gasteiger charge is -2.31. The zero-order valence-electron chi connectivity index (χ0n) is 20.7. The number of nitro benzene ring substituents is 1. The molecular weight excluding hydrogens is 488 g/mol. The maximum atomic E-state index is 13.2. The second kappa shape index (κ2) is 12.2. The Hall–Kier alpha value is -3.22. The number of nitrogens with one attached hydrogen (secondary N) is 1. The Morgan fingerprint density at radius 1 is 1.22 bits per heavy atom. The number of amides is 1. The molecule has 1 amide bonds. The monoisotopic (exact) mass is 520 g/mol. The van der Waals surface area contributed by atoms with Crippen LogP contribution in [0.1, 0.15) is 24.5 Å². The first-order valence-corrected chi connectivity index (χ1v) is 13.5. The van der Waals surface area contributed by atoms with E-state index in [1.165, 1.54) is 19.2 Å². The smallest absolute Gasteiger partial charge is 0.271 e. The van der Waals surface area contributed by atoms with Crippen molar-refractivity contribution < 1.29 is 27.6 Å². The lowest BCUT2D eigenvalue weighted by atomic mass is 10.1. The van der Waals surface area contributed by atoms with E-state index in [2.05, 4.69) is 10.2 Å². The lowest BCUT2D eigenvalue weighted by molar-refractivity contribution is -0.384. The van der Waals surface area contributed by atoms with Crippen molar-refractivity contribution in [1.82, 2.24) is 10.2 Å². The van der Waals surface area contributed by atoms with E-state index in [-0.39, 0.29) is 30.1 Å². The predicted octanol–water partition coefficient (Wildman–Crippen LogP) is 2.30. The molecule has 1 aliphatic heterocycles. The van der Waals surface area contributed by atoms with Gasteiger partial charge in [-0.3, -0.25) is 24.1 Å². The number of carbonyl (C=O) groups is 1. The summed E-state index contributed by atoms with van der Waals surface area (Å²) in [5.74, 6) is -0.414. The summed E-state index contributed by atoms with van der Waals surface area (Å²) in [7, 11) is -2.67. The van der Waals surface area contributed by atoms with Crippen molar-refractivity contribution in [3.05, 3.63) is 63.7 Å². The Bertz CT molecular complexity index is 1180. The van der Waals surface area contributed by atoms with Crippen molar-refractivity contribution in [2.45, 2.75) is 32.5 Å². The second-order valence-electron chi connectivity index (χ2n) is 8.52. The zero-order valence-corrected chi connectivity index (χ0v) is 21.5. The van der Waals surface area contributed by atoms with Crippen LogP contribution in [0.4, 0.5) is 11.4 Å². The molecule has 0 aliphatic carbocycles. The quantitative estimate of drug-likeness (QED) is 0.353. The maximum absolute atomic E-state index is 13.2. The summed E-state index contributed by atoms with van der Waals surface area (Å²) in [6, 6.07) is 10.3. The summed E-state index contributed by atoms with van der Waals surface area (Å²) in [6.07, 6.45) is 1.10. The van der Waals surface area contributed by atoms with Gasteiger partial charge in [0.25, 0.3) is 5.69 Å². The van der Waals surface area contributed by atoms with E-state index in [9.17, 15) is 23.3 Å². The Balaban J connectivity index is 1.80. The van der Waals surface area contributed by atoms with E-state index in [1.807, 2.05) is 24.3 Å². The molecule has 2 aromatic carbocycles. The van der Waals surface area contributed by atoms with E-state index in [1.54, 1.807) is 6.92 Å². The van der Waals surface area contributed by atoms with Gasteiger partial charge in [-0.15, -0.1) is 0 Å². The van der Waals surface area contributed by atoms with Crippen molar-refractivity contribution in [3.63, 3.8) is 0 Å². The largest absolute Gasteiger partial charge is 0.495 e. The first-order chi connectivity index (χ1) is 17.1. The minimum atomic E-state index is -4.00. The summed E-state index contributed by atoms with van der Waals surface area (Å²) in [5, 5.41) is 14.1. The van der Waals surface area contributed by atoms with Crippen LogP contribution in [0.15, 0.2) is 42.5 Å². The van der Waals surface area contributed by atoms with Crippen LogP contribution in [0.2, 0.25) is 0 Å². The van der Waals surface area contributed by atoms with Crippen molar-refractivity contribution in [2.75, 3.05) is 44.0 Å². The van der Waals surface area contributed by atoms with Crippen LogP contribution in [0.25, 0.3) is 0 Å². The molecule has 0 spiro atoms. The van der Waals surface area contributed by atoms with Crippen LogP contribution in [0.5, 0.6) is 5.75 Å². The molecule has 0 saturated carbocycles. The highest BCUT2D eigenvalue weighted by Crippen LogP contribution is 2.35. The minimum Gasteiger partial charge on any atom is -0.495 e. The number of ether oxygens (including phenoxy) is 2. The van der Waals surface area contributed by atoms with Crippen LogP contribution >= 0.6 is 0 Å². The molecular formula is C24H32N4O7S. The van der Waals surface area contributed by atoms with Gasteiger partial charge in [0.2, 0.25) is 15.9 Å². The number of morpholine rings is 1. The minimum absolute atomic E-state index is 0.0660. The molecule has 1 N–H and O–H groups in total. The number of nitrogens with zero attached hydrogens (tertiary/aromatic N) is 3. The molecule has 0 bridgehead atoms. The van der Waals surface area contributed by atoms with Gasteiger partial charge in [0, 0.05) is 38.3 Å².